The summed E-state index contributed by atoms with van der Waals surface area (Å²) < 4.78 is 23.2. The van der Waals surface area contributed by atoms with Gasteiger partial charge in [0.1, 0.15) is 21.5 Å². The van der Waals surface area contributed by atoms with E-state index in [1.807, 2.05) is 24.3 Å². The van der Waals surface area contributed by atoms with Gasteiger partial charge in [0.25, 0.3) is 0 Å². The minimum absolute atomic E-state index is 0.288. The van der Waals surface area contributed by atoms with Crippen molar-refractivity contribution in [3.8, 4) is 11.3 Å². The van der Waals surface area contributed by atoms with Crippen LogP contribution < -0.4 is 10.6 Å². The highest BCUT2D eigenvalue weighted by molar-refractivity contribution is 7.91. The standard InChI is InChI=1S/C22H29ClN4O2S/c23-19-15-25-22(26-17-5-2-1-3-6-17)13-18(19)20-7-4-8-21(27-20)24-14-16-9-11-30(28,29)12-10-16/h4,7-8,13,15-17H,1-3,5-6,9-12,14H2,(H,24,27)(H,25,26). The summed E-state index contributed by atoms with van der Waals surface area (Å²) in [6.45, 7) is 0.727. The Bertz CT molecular complexity index is 963. The number of nitrogens with zero attached hydrogens (tertiary/aromatic N) is 2. The molecule has 2 fully saturated rings. The normalized spacial score (nSPS) is 20.0. The second kappa shape index (κ2) is 9.52. The fraction of sp³-hybridized carbons (Fsp3) is 0.545. The first kappa shape index (κ1) is 21.4. The summed E-state index contributed by atoms with van der Waals surface area (Å²) in [6.07, 6.45) is 9.31. The molecular formula is C22H29ClN4O2S. The van der Waals surface area contributed by atoms with Gasteiger partial charge in [0.2, 0.25) is 0 Å². The Balaban J connectivity index is 1.43. The molecule has 30 heavy (non-hydrogen) atoms. The van der Waals surface area contributed by atoms with Crippen LogP contribution in [-0.2, 0) is 9.84 Å². The zero-order chi connectivity index (χ0) is 21.0. The van der Waals surface area contributed by atoms with Crippen molar-refractivity contribution < 1.29 is 8.42 Å². The van der Waals surface area contributed by atoms with E-state index < -0.39 is 9.84 Å². The van der Waals surface area contributed by atoms with Gasteiger partial charge in [-0.1, -0.05) is 36.9 Å². The van der Waals surface area contributed by atoms with Gasteiger partial charge in [-0.2, -0.15) is 0 Å². The molecule has 0 aromatic carbocycles. The van der Waals surface area contributed by atoms with E-state index in [4.69, 9.17) is 16.6 Å². The molecule has 2 aromatic rings. The number of rotatable bonds is 6. The summed E-state index contributed by atoms with van der Waals surface area (Å²) in [7, 11) is -2.83. The van der Waals surface area contributed by atoms with Gasteiger partial charge in [0.15, 0.2) is 0 Å². The lowest BCUT2D eigenvalue weighted by molar-refractivity contribution is 0.462. The van der Waals surface area contributed by atoms with Crippen LogP contribution in [0.15, 0.2) is 30.5 Å². The van der Waals surface area contributed by atoms with Gasteiger partial charge in [-0.25, -0.2) is 18.4 Å². The number of hydrogen-bond acceptors (Lipinski definition) is 6. The molecule has 6 nitrogen and oxygen atoms in total. The van der Waals surface area contributed by atoms with Gasteiger partial charge in [-0.15, -0.1) is 0 Å². The molecule has 3 heterocycles. The molecule has 2 N–H and O–H groups in total. The summed E-state index contributed by atoms with van der Waals surface area (Å²) >= 11 is 6.44. The highest BCUT2D eigenvalue weighted by atomic mass is 35.5. The molecule has 8 heteroatoms. The lowest BCUT2D eigenvalue weighted by Gasteiger charge is -2.23. The highest BCUT2D eigenvalue weighted by Gasteiger charge is 2.23. The zero-order valence-electron chi connectivity index (χ0n) is 17.1. The quantitative estimate of drug-likeness (QED) is 0.661. The van der Waals surface area contributed by atoms with E-state index in [9.17, 15) is 8.42 Å². The summed E-state index contributed by atoms with van der Waals surface area (Å²) in [5.74, 6) is 2.54. The predicted octanol–water partition coefficient (Wildman–Crippen LogP) is 4.78. The summed E-state index contributed by atoms with van der Waals surface area (Å²) in [4.78, 5) is 9.19. The van der Waals surface area contributed by atoms with Crippen LogP contribution in [0, 0.1) is 5.92 Å². The molecule has 2 aromatic heterocycles. The zero-order valence-corrected chi connectivity index (χ0v) is 18.7. The number of nitrogens with one attached hydrogen (secondary N) is 2. The molecule has 2 aliphatic rings. The van der Waals surface area contributed by atoms with Gasteiger partial charge in [-0.3, -0.25) is 0 Å². The van der Waals surface area contributed by atoms with Crippen molar-refractivity contribution in [3.63, 3.8) is 0 Å². The van der Waals surface area contributed by atoms with E-state index >= 15 is 0 Å². The molecule has 1 aliphatic heterocycles. The van der Waals surface area contributed by atoms with Crippen molar-refractivity contribution in [1.82, 2.24) is 9.97 Å². The molecule has 4 rings (SSSR count). The Morgan fingerprint density at radius 1 is 1.03 bits per heavy atom. The first-order chi connectivity index (χ1) is 14.5. The van der Waals surface area contributed by atoms with Gasteiger partial charge in [0.05, 0.1) is 22.2 Å². The molecule has 0 bridgehead atoms. The number of halogens is 1. The maximum absolute atomic E-state index is 11.6. The Hall–Kier alpha value is -1.86. The Morgan fingerprint density at radius 3 is 2.57 bits per heavy atom. The third-order valence-corrected chi connectivity index (χ3v) is 8.10. The van der Waals surface area contributed by atoms with Crippen LogP contribution in [0.5, 0.6) is 0 Å². The fourth-order valence-corrected chi connectivity index (χ4v) is 6.03. The summed E-state index contributed by atoms with van der Waals surface area (Å²) in [6, 6.07) is 8.29. The average molecular weight is 449 g/mol. The molecule has 1 saturated heterocycles. The lowest BCUT2D eigenvalue weighted by Crippen LogP contribution is -2.27. The second-order valence-electron chi connectivity index (χ2n) is 8.41. The van der Waals surface area contributed by atoms with E-state index in [-0.39, 0.29) is 11.5 Å². The Labute approximate surface area is 183 Å². The number of anilines is 2. The maximum atomic E-state index is 11.6. The monoisotopic (exact) mass is 448 g/mol. The number of hydrogen-bond donors (Lipinski definition) is 2. The van der Waals surface area contributed by atoms with Crippen molar-refractivity contribution >= 4 is 33.1 Å². The van der Waals surface area contributed by atoms with Gasteiger partial charge in [-0.05, 0) is 49.8 Å². The summed E-state index contributed by atoms with van der Waals surface area (Å²) in [5, 5.41) is 7.49. The van der Waals surface area contributed by atoms with Gasteiger partial charge in [0, 0.05) is 24.3 Å². The third kappa shape index (κ3) is 5.64. The van der Waals surface area contributed by atoms with Gasteiger partial charge < -0.3 is 10.6 Å². The second-order valence-corrected chi connectivity index (χ2v) is 11.1. The van der Waals surface area contributed by atoms with Crippen molar-refractivity contribution in [2.75, 3.05) is 28.7 Å². The minimum Gasteiger partial charge on any atom is -0.370 e. The number of pyridine rings is 2. The smallest absolute Gasteiger partial charge is 0.150 e. The van der Waals surface area contributed by atoms with Crippen LogP contribution in [0.4, 0.5) is 11.6 Å². The Kier molecular flexibility index (Phi) is 6.78. The molecule has 1 saturated carbocycles. The summed E-state index contributed by atoms with van der Waals surface area (Å²) in [5.41, 5.74) is 1.66. The van der Waals surface area contributed by atoms with Crippen LogP contribution >= 0.6 is 11.6 Å². The molecule has 162 valence electrons. The van der Waals surface area contributed by atoms with E-state index in [1.54, 1.807) is 6.20 Å². The lowest BCUT2D eigenvalue weighted by atomic mass is 9.95. The maximum Gasteiger partial charge on any atom is 0.150 e. The third-order valence-electron chi connectivity index (χ3n) is 6.08. The van der Waals surface area contributed by atoms with Crippen molar-refractivity contribution in [2.24, 2.45) is 5.92 Å². The molecule has 0 spiro atoms. The SMILES string of the molecule is O=S1(=O)CCC(CNc2cccc(-c3cc(NC4CCCCC4)ncc3Cl)n2)CC1. The van der Waals surface area contributed by atoms with Crippen LogP contribution in [0.3, 0.4) is 0 Å². The largest absolute Gasteiger partial charge is 0.370 e. The van der Waals surface area contributed by atoms with Crippen LogP contribution in [0.2, 0.25) is 5.02 Å². The van der Waals surface area contributed by atoms with E-state index in [0.29, 0.717) is 29.8 Å². The van der Waals surface area contributed by atoms with Crippen LogP contribution in [-0.4, -0.2) is 42.5 Å². The number of aromatic nitrogens is 2. The highest BCUT2D eigenvalue weighted by Crippen LogP contribution is 2.30. The van der Waals surface area contributed by atoms with Crippen molar-refractivity contribution in [3.05, 3.63) is 35.5 Å². The predicted molar refractivity (Wildman–Crippen MR) is 123 cm³/mol. The molecule has 0 unspecified atom stereocenters. The first-order valence-electron chi connectivity index (χ1n) is 10.8. The van der Waals surface area contributed by atoms with Crippen LogP contribution in [0.25, 0.3) is 11.3 Å². The van der Waals surface area contributed by atoms with Gasteiger partial charge >= 0.3 is 0 Å². The van der Waals surface area contributed by atoms with E-state index in [0.717, 1.165) is 29.4 Å². The molecule has 1 aliphatic carbocycles. The Morgan fingerprint density at radius 2 is 1.80 bits per heavy atom. The van der Waals surface area contributed by atoms with Crippen molar-refractivity contribution in [1.29, 1.82) is 0 Å². The van der Waals surface area contributed by atoms with Crippen molar-refractivity contribution in [2.45, 2.75) is 51.0 Å². The molecule has 0 atom stereocenters. The first-order valence-corrected chi connectivity index (χ1v) is 13.0. The average Bonchev–Trinajstić information content (AvgIpc) is 2.75. The molecule has 0 amide bonds. The topological polar surface area (TPSA) is 84.0 Å². The minimum atomic E-state index is -2.83. The molecule has 0 radical (unpaired) electrons. The fourth-order valence-electron chi connectivity index (χ4n) is 4.25. The number of sulfone groups is 1. The van der Waals surface area contributed by atoms with E-state index in [1.165, 1.54) is 32.1 Å². The van der Waals surface area contributed by atoms with Crippen LogP contribution in [0.1, 0.15) is 44.9 Å². The van der Waals surface area contributed by atoms with E-state index in [2.05, 4.69) is 15.6 Å². The molecular weight excluding hydrogens is 420 g/mol.